The molecule has 19 heavy (non-hydrogen) atoms. The Hall–Kier alpha value is -0.730. The lowest BCUT2D eigenvalue weighted by atomic mass is 9.52. The molecule has 0 radical (unpaired) electrons. The summed E-state index contributed by atoms with van der Waals surface area (Å²) in [6, 6.07) is 0.322. The van der Waals surface area contributed by atoms with E-state index in [-0.39, 0.29) is 11.6 Å². The number of nitrogens with two attached hydrogens (primary N) is 1. The van der Waals surface area contributed by atoms with Crippen LogP contribution in [0, 0.1) is 17.8 Å². The summed E-state index contributed by atoms with van der Waals surface area (Å²) in [6.45, 7) is 0. The van der Waals surface area contributed by atoms with Crippen LogP contribution >= 0.6 is 0 Å². The van der Waals surface area contributed by atoms with Crippen LogP contribution < -0.4 is 5.73 Å². The van der Waals surface area contributed by atoms with Crippen molar-refractivity contribution in [3.63, 3.8) is 0 Å². The maximum Gasteiger partial charge on any atom is 0.315 e. The van der Waals surface area contributed by atoms with Gasteiger partial charge in [-0.1, -0.05) is 12.8 Å². The highest BCUT2D eigenvalue weighted by Gasteiger charge is 2.55. The van der Waals surface area contributed by atoms with Crippen molar-refractivity contribution in [3.05, 3.63) is 0 Å². The highest BCUT2D eigenvalue weighted by atomic mass is 16.2. The van der Waals surface area contributed by atoms with Crippen LogP contribution in [0.3, 0.4) is 0 Å². The van der Waals surface area contributed by atoms with E-state index in [1.165, 1.54) is 64.2 Å². The van der Waals surface area contributed by atoms with Gasteiger partial charge in [0.1, 0.15) is 0 Å². The molecule has 0 heterocycles. The summed E-state index contributed by atoms with van der Waals surface area (Å²) in [5.41, 5.74) is 5.99. The first-order valence-electron chi connectivity index (χ1n) is 8.25. The van der Waals surface area contributed by atoms with Crippen molar-refractivity contribution in [2.24, 2.45) is 23.5 Å². The lowest BCUT2D eigenvalue weighted by Crippen LogP contribution is -2.64. The molecular weight excluding hydrogens is 236 g/mol. The highest BCUT2D eigenvalue weighted by Crippen LogP contribution is 2.58. The summed E-state index contributed by atoms with van der Waals surface area (Å²) < 4.78 is 0. The molecule has 5 saturated carbocycles. The number of nitrogens with zero attached hydrogens (tertiary/aromatic N) is 1. The van der Waals surface area contributed by atoms with Gasteiger partial charge in [0.15, 0.2) is 0 Å². The van der Waals surface area contributed by atoms with E-state index in [1.807, 2.05) is 0 Å². The molecule has 2 N–H and O–H groups in total. The Morgan fingerprint density at radius 1 is 0.947 bits per heavy atom. The van der Waals surface area contributed by atoms with E-state index in [0.717, 1.165) is 17.8 Å². The van der Waals surface area contributed by atoms with Gasteiger partial charge < -0.3 is 10.6 Å². The van der Waals surface area contributed by atoms with Gasteiger partial charge in [-0.15, -0.1) is 0 Å². The fourth-order valence-electron chi connectivity index (χ4n) is 6.32. The summed E-state index contributed by atoms with van der Waals surface area (Å²) in [6.07, 6.45) is 13.0. The number of urea groups is 1. The number of primary amides is 1. The predicted octanol–water partition coefficient (Wildman–Crippen LogP) is 3.28. The van der Waals surface area contributed by atoms with Gasteiger partial charge in [0, 0.05) is 11.6 Å². The van der Waals surface area contributed by atoms with Gasteiger partial charge in [0.25, 0.3) is 0 Å². The van der Waals surface area contributed by atoms with Crippen LogP contribution in [0.1, 0.15) is 64.2 Å². The first-order chi connectivity index (χ1) is 9.16. The van der Waals surface area contributed by atoms with Crippen LogP contribution in [0.5, 0.6) is 0 Å². The van der Waals surface area contributed by atoms with Crippen molar-refractivity contribution in [2.75, 3.05) is 0 Å². The third-order valence-electron chi connectivity index (χ3n) is 6.44. The molecule has 0 atom stereocenters. The Labute approximate surface area is 115 Å². The second kappa shape index (κ2) is 4.13. The normalized spacial score (nSPS) is 44.7. The number of carbonyl (C=O) groups is 1. The third-order valence-corrected chi connectivity index (χ3v) is 6.44. The zero-order chi connectivity index (χ0) is 13.0. The molecule has 5 rings (SSSR count). The van der Waals surface area contributed by atoms with Crippen LogP contribution in [-0.2, 0) is 0 Å². The molecule has 4 bridgehead atoms. The van der Waals surface area contributed by atoms with Crippen LogP contribution in [-0.4, -0.2) is 22.5 Å². The van der Waals surface area contributed by atoms with E-state index < -0.39 is 0 Å². The fraction of sp³-hybridized carbons (Fsp3) is 0.938. The average molecular weight is 262 g/mol. The van der Waals surface area contributed by atoms with Crippen LogP contribution in [0.15, 0.2) is 0 Å². The zero-order valence-corrected chi connectivity index (χ0v) is 11.8. The minimum Gasteiger partial charge on any atom is -0.351 e. The molecule has 5 aliphatic carbocycles. The monoisotopic (exact) mass is 262 g/mol. The van der Waals surface area contributed by atoms with Crippen molar-refractivity contribution in [1.29, 1.82) is 0 Å². The maximum absolute atomic E-state index is 12.2. The summed E-state index contributed by atoms with van der Waals surface area (Å²) in [5.74, 6) is 2.65. The smallest absolute Gasteiger partial charge is 0.315 e. The minimum atomic E-state index is -0.131. The average Bonchev–Trinajstić information content (AvgIpc) is 2.79. The Kier molecular flexibility index (Phi) is 2.62. The zero-order valence-electron chi connectivity index (χ0n) is 11.8. The van der Waals surface area contributed by atoms with Crippen molar-refractivity contribution in [1.82, 2.24) is 4.90 Å². The third kappa shape index (κ3) is 1.80. The molecule has 3 heteroatoms. The molecule has 3 nitrogen and oxygen atoms in total. The molecule has 106 valence electrons. The molecule has 0 aromatic carbocycles. The fourth-order valence-corrected chi connectivity index (χ4v) is 6.32. The van der Waals surface area contributed by atoms with Crippen molar-refractivity contribution < 1.29 is 4.79 Å². The van der Waals surface area contributed by atoms with E-state index >= 15 is 0 Å². The van der Waals surface area contributed by atoms with E-state index in [9.17, 15) is 4.79 Å². The molecule has 0 unspecified atom stereocenters. The van der Waals surface area contributed by atoms with Crippen molar-refractivity contribution in [3.8, 4) is 0 Å². The molecule has 0 aromatic rings. The van der Waals surface area contributed by atoms with Gasteiger partial charge in [-0.25, -0.2) is 4.79 Å². The number of hydrogen-bond acceptors (Lipinski definition) is 1. The second-order valence-corrected chi connectivity index (χ2v) is 7.79. The number of amides is 2. The summed E-state index contributed by atoms with van der Waals surface area (Å²) in [4.78, 5) is 14.3. The Balaban J connectivity index is 1.66. The van der Waals surface area contributed by atoms with Gasteiger partial charge in [-0.05, 0) is 69.1 Å². The van der Waals surface area contributed by atoms with E-state index in [2.05, 4.69) is 4.90 Å². The number of hydrogen-bond donors (Lipinski definition) is 1. The van der Waals surface area contributed by atoms with Crippen molar-refractivity contribution >= 4 is 6.03 Å². The van der Waals surface area contributed by atoms with Gasteiger partial charge in [-0.2, -0.15) is 0 Å². The molecule has 5 aliphatic rings. The van der Waals surface area contributed by atoms with Crippen LogP contribution in [0.2, 0.25) is 0 Å². The summed E-state index contributed by atoms with van der Waals surface area (Å²) >= 11 is 0. The topological polar surface area (TPSA) is 46.3 Å². The van der Waals surface area contributed by atoms with Gasteiger partial charge in [-0.3, -0.25) is 0 Å². The molecule has 5 fully saturated rings. The quantitative estimate of drug-likeness (QED) is 0.815. The van der Waals surface area contributed by atoms with E-state index in [4.69, 9.17) is 5.73 Å². The van der Waals surface area contributed by atoms with Crippen LogP contribution in [0.4, 0.5) is 4.79 Å². The standard InChI is InChI=1S/C16H26N2O/c17-15(19)18(14-3-1-2-4-14)16-8-11-5-12(9-16)7-13(6-11)10-16/h11-14H,1-10H2,(H2,17,19). The van der Waals surface area contributed by atoms with Gasteiger partial charge >= 0.3 is 6.03 Å². The van der Waals surface area contributed by atoms with Gasteiger partial charge in [0.2, 0.25) is 0 Å². The summed E-state index contributed by atoms with van der Waals surface area (Å²) in [7, 11) is 0. The van der Waals surface area contributed by atoms with E-state index in [0.29, 0.717) is 6.04 Å². The van der Waals surface area contributed by atoms with Crippen molar-refractivity contribution in [2.45, 2.75) is 75.8 Å². The minimum absolute atomic E-state index is 0.131. The van der Waals surface area contributed by atoms with Crippen LogP contribution in [0.25, 0.3) is 0 Å². The Morgan fingerprint density at radius 3 is 1.84 bits per heavy atom. The predicted molar refractivity (Wildman–Crippen MR) is 74.6 cm³/mol. The first kappa shape index (κ1) is 12.0. The second-order valence-electron chi connectivity index (χ2n) is 7.79. The molecule has 0 spiro atoms. The summed E-state index contributed by atoms with van der Waals surface area (Å²) in [5, 5.41) is 0. The number of rotatable bonds is 2. The molecule has 0 aromatic heterocycles. The molecule has 2 amide bonds. The highest BCUT2D eigenvalue weighted by molar-refractivity contribution is 5.73. The lowest BCUT2D eigenvalue weighted by molar-refractivity contribution is -0.0812. The van der Waals surface area contributed by atoms with Gasteiger partial charge in [0.05, 0.1) is 0 Å². The molecular formula is C16H26N2O. The Bertz CT molecular complexity index is 351. The largest absolute Gasteiger partial charge is 0.351 e. The molecule has 0 saturated heterocycles. The lowest BCUT2D eigenvalue weighted by Gasteiger charge is -2.61. The SMILES string of the molecule is NC(=O)N(C1CCCC1)C12CC3CC(CC(C3)C1)C2. The molecule has 0 aliphatic heterocycles. The first-order valence-corrected chi connectivity index (χ1v) is 8.25. The number of carbonyl (C=O) groups excluding carboxylic acids is 1. The van der Waals surface area contributed by atoms with E-state index in [1.54, 1.807) is 0 Å². The maximum atomic E-state index is 12.2. The Morgan fingerprint density at radius 2 is 1.42 bits per heavy atom.